The van der Waals surface area contributed by atoms with E-state index in [0.717, 1.165) is 22.5 Å². The van der Waals surface area contributed by atoms with Gasteiger partial charge in [-0.1, -0.05) is 24.3 Å². The molecule has 0 unspecified atom stereocenters. The predicted octanol–water partition coefficient (Wildman–Crippen LogP) is 6.01. The van der Waals surface area contributed by atoms with E-state index in [-0.39, 0.29) is 0 Å². The molecule has 0 aliphatic rings. The normalized spacial score (nSPS) is 11.7. The fourth-order valence-electron chi connectivity index (χ4n) is 2.49. The minimum Gasteiger partial charge on any atom is -0.454 e. The number of aryl methyl sites for hydroxylation is 4. The molecule has 3 heteroatoms. The summed E-state index contributed by atoms with van der Waals surface area (Å²) in [6, 6.07) is 16.3. The van der Waals surface area contributed by atoms with Crippen LogP contribution in [0.5, 0.6) is 0 Å². The highest BCUT2D eigenvalue weighted by atomic mass is 16.3. The van der Waals surface area contributed by atoms with Crippen molar-refractivity contribution < 1.29 is 4.42 Å². The Bertz CT molecular complexity index is 872. The molecule has 0 aliphatic heterocycles. The zero-order valence-electron chi connectivity index (χ0n) is 15.1. The molecule has 3 nitrogen and oxygen atoms in total. The summed E-state index contributed by atoms with van der Waals surface area (Å²) in [6.45, 7) is 8.23. The fraction of sp³-hybridized carbons (Fsp3) is 0.182. The molecule has 0 saturated carbocycles. The predicted molar refractivity (Wildman–Crippen MR) is 105 cm³/mol. The van der Waals surface area contributed by atoms with Gasteiger partial charge in [-0.15, -0.1) is 0 Å². The Labute approximate surface area is 148 Å². The molecule has 0 aliphatic carbocycles. The molecule has 0 saturated heterocycles. The van der Waals surface area contributed by atoms with E-state index < -0.39 is 0 Å². The standard InChI is InChI=1S/C22H22N2O/c1-15-5-7-17(3)21(11-15)23-13-19-9-10-20(25-19)14-24-22-12-16(2)6-8-18(22)4/h5-14H,1-4H3. The first-order chi connectivity index (χ1) is 12.0. The number of benzene rings is 2. The summed E-state index contributed by atoms with van der Waals surface area (Å²) in [5.41, 5.74) is 6.59. The van der Waals surface area contributed by atoms with Crippen molar-refractivity contribution in [2.75, 3.05) is 0 Å². The first-order valence-corrected chi connectivity index (χ1v) is 8.34. The van der Waals surface area contributed by atoms with Crippen LogP contribution in [0.25, 0.3) is 0 Å². The summed E-state index contributed by atoms with van der Waals surface area (Å²) >= 11 is 0. The van der Waals surface area contributed by atoms with Crippen LogP contribution in [0.2, 0.25) is 0 Å². The quantitative estimate of drug-likeness (QED) is 0.539. The van der Waals surface area contributed by atoms with Crippen molar-refractivity contribution in [3.63, 3.8) is 0 Å². The average Bonchev–Trinajstić information content (AvgIpc) is 3.04. The molecule has 0 radical (unpaired) electrons. The Hall–Kier alpha value is -2.94. The molecule has 1 heterocycles. The van der Waals surface area contributed by atoms with E-state index in [1.54, 1.807) is 12.4 Å². The number of nitrogens with zero attached hydrogens (tertiary/aromatic N) is 2. The van der Waals surface area contributed by atoms with Gasteiger partial charge in [0.25, 0.3) is 0 Å². The fourth-order valence-corrected chi connectivity index (χ4v) is 2.49. The molecule has 1 aromatic heterocycles. The second-order valence-electron chi connectivity index (χ2n) is 6.34. The Morgan fingerprint density at radius 1 is 0.640 bits per heavy atom. The molecule has 0 amide bonds. The molecule has 0 spiro atoms. The van der Waals surface area contributed by atoms with E-state index in [1.165, 1.54) is 11.1 Å². The first kappa shape index (κ1) is 16.9. The zero-order valence-corrected chi connectivity index (χ0v) is 15.1. The molecule has 3 aromatic rings. The van der Waals surface area contributed by atoms with Gasteiger partial charge in [0, 0.05) is 0 Å². The lowest BCUT2D eigenvalue weighted by atomic mass is 10.1. The highest BCUT2D eigenvalue weighted by Gasteiger charge is 2.00. The summed E-state index contributed by atoms with van der Waals surface area (Å²) in [4.78, 5) is 9.06. The van der Waals surface area contributed by atoms with Gasteiger partial charge in [-0.3, -0.25) is 9.98 Å². The zero-order chi connectivity index (χ0) is 17.8. The van der Waals surface area contributed by atoms with Gasteiger partial charge in [-0.25, -0.2) is 0 Å². The number of furan rings is 1. The van der Waals surface area contributed by atoms with Crippen LogP contribution in [-0.4, -0.2) is 12.4 Å². The summed E-state index contributed by atoms with van der Waals surface area (Å²) in [7, 11) is 0. The van der Waals surface area contributed by atoms with E-state index in [2.05, 4.69) is 74.1 Å². The molecule has 2 aromatic carbocycles. The van der Waals surface area contributed by atoms with Gasteiger partial charge in [0.2, 0.25) is 0 Å². The van der Waals surface area contributed by atoms with Crippen molar-refractivity contribution in [2.24, 2.45) is 9.98 Å². The van der Waals surface area contributed by atoms with Gasteiger partial charge in [-0.2, -0.15) is 0 Å². The number of rotatable bonds is 4. The molecule has 25 heavy (non-hydrogen) atoms. The van der Waals surface area contributed by atoms with Crippen LogP contribution in [0, 0.1) is 27.7 Å². The minimum absolute atomic E-state index is 0.711. The topological polar surface area (TPSA) is 37.9 Å². The Morgan fingerprint density at radius 2 is 1.08 bits per heavy atom. The number of hydrogen-bond acceptors (Lipinski definition) is 3. The van der Waals surface area contributed by atoms with Crippen LogP contribution in [0.4, 0.5) is 11.4 Å². The maximum atomic E-state index is 5.77. The molecule has 0 atom stereocenters. The molecule has 0 N–H and O–H groups in total. The summed E-state index contributed by atoms with van der Waals surface area (Å²) in [5, 5.41) is 0. The molecular formula is C22H22N2O. The highest BCUT2D eigenvalue weighted by molar-refractivity contribution is 5.83. The number of hydrogen-bond donors (Lipinski definition) is 0. The summed E-state index contributed by atoms with van der Waals surface area (Å²) < 4.78 is 5.77. The molecule has 0 bridgehead atoms. The SMILES string of the molecule is Cc1ccc(C)c(N=Cc2ccc(C=Nc3cc(C)ccc3C)o2)c1. The summed E-state index contributed by atoms with van der Waals surface area (Å²) in [5.74, 6) is 1.42. The second-order valence-corrected chi connectivity index (χ2v) is 6.34. The van der Waals surface area contributed by atoms with Crippen LogP contribution in [-0.2, 0) is 0 Å². The van der Waals surface area contributed by atoms with Crippen LogP contribution >= 0.6 is 0 Å². The first-order valence-electron chi connectivity index (χ1n) is 8.34. The third kappa shape index (κ3) is 4.32. The van der Waals surface area contributed by atoms with E-state index in [9.17, 15) is 0 Å². The second kappa shape index (κ2) is 7.31. The van der Waals surface area contributed by atoms with Crippen molar-refractivity contribution in [3.8, 4) is 0 Å². The van der Waals surface area contributed by atoms with Crippen molar-refractivity contribution in [2.45, 2.75) is 27.7 Å². The maximum absolute atomic E-state index is 5.77. The van der Waals surface area contributed by atoms with Crippen molar-refractivity contribution in [3.05, 3.63) is 82.3 Å². The monoisotopic (exact) mass is 330 g/mol. The van der Waals surface area contributed by atoms with Crippen LogP contribution in [0.1, 0.15) is 33.8 Å². The minimum atomic E-state index is 0.711. The van der Waals surface area contributed by atoms with Gasteiger partial charge >= 0.3 is 0 Å². The smallest absolute Gasteiger partial charge is 0.145 e. The molecular weight excluding hydrogens is 308 g/mol. The van der Waals surface area contributed by atoms with E-state index in [1.807, 2.05) is 12.1 Å². The van der Waals surface area contributed by atoms with Gasteiger partial charge < -0.3 is 4.42 Å². The third-order valence-corrected chi connectivity index (χ3v) is 4.04. The lowest BCUT2D eigenvalue weighted by Gasteiger charge is -2.00. The third-order valence-electron chi connectivity index (χ3n) is 4.04. The van der Waals surface area contributed by atoms with E-state index in [4.69, 9.17) is 4.42 Å². The van der Waals surface area contributed by atoms with Gasteiger partial charge in [0.15, 0.2) is 0 Å². The Balaban J connectivity index is 1.76. The maximum Gasteiger partial charge on any atom is 0.145 e. The Kier molecular flexibility index (Phi) is 4.94. The van der Waals surface area contributed by atoms with Crippen molar-refractivity contribution in [1.29, 1.82) is 0 Å². The molecule has 126 valence electrons. The average molecular weight is 330 g/mol. The van der Waals surface area contributed by atoms with Crippen LogP contribution in [0.15, 0.2) is 62.9 Å². The van der Waals surface area contributed by atoms with Crippen LogP contribution in [0.3, 0.4) is 0 Å². The van der Waals surface area contributed by atoms with Crippen molar-refractivity contribution in [1.82, 2.24) is 0 Å². The molecule has 0 fully saturated rings. The number of aliphatic imine (C=N–C) groups is 2. The summed E-state index contributed by atoms with van der Waals surface area (Å²) in [6.07, 6.45) is 3.49. The lowest BCUT2D eigenvalue weighted by molar-refractivity contribution is 0.553. The highest BCUT2D eigenvalue weighted by Crippen LogP contribution is 2.21. The van der Waals surface area contributed by atoms with E-state index >= 15 is 0 Å². The van der Waals surface area contributed by atoms with Crippen molar-refractivity contribution >= 4 is 23.8 Å². The van der Waals surface area contributed by atoms with Gasteiger partial charge in [0.1, 0.15) is 11.5 Å². The van der Waals surface area contributed by atoms with Crippen LogP contribution < -0.4 is 0 Å². The van der Waals surface area contributed by atoms with Gasteiger partial charge in [-0.05, 0) is 74.2 Å². The van der Waals surface area contributed by atoms with E-state index in [0.29, 0.717) is 11.5 Å². The largest absolute Gasteiger partial charge is 0.454 e. The lowest BCUT2D eigenvalue weighted by Crippen LogP contribution is -1.81. The Morgan fingerprint density at radius 3 is 1.52 bits per heavy atom. The van der Waals surface area contributed by atoms with Gasteiger partial charge in [0.05, 0.1) is 23.8 Å². The molecule has 3 rings (SSSR count).